The van der Waals surface area contributed by atoms with Crippen molar-refractivity contribution in [2.24, 2.45) is 0 Å². The Labute approximate surface area is 122 Å². The molecule has 0 bridgehead atoms. The van der Waals surface area contributed by atoms with Gasteiger partial charge in [0.25, 0.3) is 0 Å². The molecule has 0 saturated heterocycles. The number of carbonyl (C=O) groups excluding carboxylic acids is 1. The van der Waals surface area contributed by atoms with E-state index < -0.39 is 0 Å². The van der Waals surface area contributed by atoms with Gasteiger partial charge in [-0.15, -0.1) is 0 Å². The van der Waals surface area contributed by atoms with Gasteiger partial charge >= 0.3 is 0 Å². The molecule has 0 heterocycles. The number of aliphatic hydroxyl groups excluding tert-OH is 1. The average Bonchev–Trinajstić information content (AvgIpc) is 2.35. The third kappa shape index (κ3) is 6.59. The van der Waals surface area contributed by atoms with Crippen molar-refractivity contribution in [2.45, 2.75) is 25.9 Å². The normalized spacial score (nSPS) is 12.0. The molecule has 1 aromatic rings. The van der Waals surface area contributed by atoms with Crippen molar-refractivity contribution >= 4 is 21.8 Å². The minimum absolute atomic E-state index is 0.0237. The van der Waals surface area contributed by atoms with Crippen LogP contribution >= 0.6 is 15.9 Å². The highest BCUT2D eigenvalue weighted by Crippen LogP contribution is 2.17. The third-order valence-corrected chi connectivity index (χ3v) is 3.18. The van der Waals surface area contributed by atoms with E-state index in [0.717, 1.165) is 10.2 Å². The molecule has 0 aromatic heterocycles. The molecule has 1 N–H and O–H groups in total. The summed E-state index contributed by atoms with van der Waals surface area (Å²) < 4.78 is 6.46. The van der Waals surface area contributed by atoms with Gasteiger partial charge in [0.2, 0.25) is 5.91 Å². The molecule has 0 saturated carbocycles. The van der Waals surface area contributed by atoms with Crippen LogP contribution in [0.15, 0.2) is 28.7 Å². The first kappa shape index (κ1) is 16.0. The van der Waals surface area contributed by atoms with Crippen LogP contribution in [0.25, 0.3) is 0 Å². The van der Waals surface area contributed by atoms with Crippen LogP contribution < -0.4 is 4.74 Å². The number of hydrogen-bond acceptors (Lipinski definition) is 3. The van der Waals surface area contributed by atoms with E-state index in [0.29, 0.717) is 26.0 Å². The molecular weight excluding hydrogens is 310 g/mol. The topological polar surface area (TPSA) is 49.8 Å². The molecule has 1 unspecified atom stereocenters. The van der Waals surface area contributed by atoms with Gasteiger partial charge in [0.05, 0.1) is 19.1 Å². The van der Waals surface area contributed by atoms with E-state index in [4.69, 9.17) is 9.84 Å². The zero-order valence-electron chi connectivity index (χ0n) is 11.3. The molecule has 0 aliphatic heterocycles. The first-order valence-corrected chi connectivity index (χ1v) is 7.08. The van der Waals surface area contributed by atoms with Crippen molar-refractivity contribution in [2.75, 3.05) is 20.2 Å². The Morgan fingerprint density at radius 1 is 1.53 bits per heavy atom. The molecule has 1 amide bonds. The summed E-state index contributed by atoms with van der Waals surface area (Å²) in [7, 11) is 1.74. The molecule has 0 aliphatic rings. The monoisotopic (exact) mass is 329 g/mol. The van der Waals surface area contributed by atoms with Crippen molar-refractivity contribution in [3.8, 4) is 5.75 Å². The van der Waals surface area contributed by atoms with Crippen LogP contribution in [-0.4, -0.2) is 42.2 Å². The van der Waals surface area contributed by atoms with E-state index in [1.54, 1.807) is 18.9 Å². The number of amides is 1. The Morgan fingerprint density at radius 2 is 2.26 bits per heavy atom. The zero-order chi connectivity index (χ0) is 14.3. The number of carbonyl (C=O) groups is 1. The summed E-state index contributed by atoms with van der Waals surface area (Å²) in [6.45, 7) is 2.64. The molecule has 106 valence electrons. The molecule has 1 atom stereocenters. The van der Waals surface area contributed by atoms with Crippen LogP contribution in [0.5, 0.6) is 5.75 Å². The summed E-state index contributed by atoms with van der Waals surface area (Å²) in [5.74, 6) is 0.768. The minimum Gasteiger partial charge on any atom is -0.493 e. The summed E-state index contributed by atoms with van der Waals surface area (Å²) in [6.07, 6.45) is 0.547. The molecule has 1 rings (SSSR count). The first-order chi connectivity index (χ1) is 8.99. The fraction of sp³-hybridized carbons (Fsp3) is 0.500. The van der Waals surface area contributed by atoms with Gasteiger partial charge in [0.1, 0.15) is 5.75 Å². The maximum Gasteiger partial charge on any atom is 0.225 e. The molecule has 5 heteroatoms. The largest absolute Gasteiger partial charge is 0.493 e. The summed E-state index contributed by atoms with van der Waals surface area (Å²) in [6, 6.07) is 7.52. The predicted molar refractivity (Wildman–Crippen MR) is 78.2 cm³/mol. The van der Waals surface area contributed by atoms with Crippen molar-refractivity contribution in [1.82, 2.24) is 4.90 Å². The van der Waals surface area contributed by atoms with Gasteiger partial charge in [-0.2, -0.15) is 0 Å². The van der Waals surface area contributed by atoms with Gasteiger partial charge in [-0.1, -0.05) is 22.0 Å². The zero-order valence-corrected chi connectivity index (χ0v) is 12.9. The smallest absolute Gasteiger partial charge is 0.225 e. The number of halogens is 1. The second-order valence-electron chi connectivity index (χ2n) is 4.51. The lowest BCUT2D eigenvalue weighted by atomic mass is 10.2. The number of ether oxygens (including phenoxy) is 1. The standard InChI is InChI=1S/C14H20BrNO3/c1-11(17)6-8-16(2)14(18)7-9-19-13-5-3-4-12(15)10-13/h3-5,10-11,17H,6-9H2,1-2H3. The van der Waals surface area contributed by atoms with Gasteiger partial charge in [0.15, 0.2) is 0 Å². The molecular formula is C14H20BrNO3. The van der Waals surface area contributed by atoms with Crippen LogP contribution in [0.3, 0.4) is 0 Å². The number of rotatable bonds is 7. The quantitative estimate of drug-likeness (QED) is 0.835. The molecule has 4 nitrogen and oxygen atoms in total. The Balaban J connectivity index is 2.26. The van der Waals surface area contributed by atoms with E-state index in [1.807, 2.05) is 24.3 Å². The summed E-state index contributed by atoms with van der Waals surface area (Å²) in [5, 5.41) is 9.17. The van der Waals surface area contributed by atoms with E-state index in [1.165, 1.54) is 0 Å². The summed E-state index contributed by atoms with van der Waals surface area (Å²) in [4.78, 5) is 13.4. The summed E-state index contributed by atoms with van der Waals surface area (Å²) >= 11 is 3.36. The van der Waals surface area contributed by atoms with E-state index in [2.05, 4.69) is 15.9 Å². The Hall–Kier alpha value is -1.07. The number of hydrogen-bond donors (Lipinski definition) is 1. The fourth-order valence-corrected chi connectivity index (χ4v) is 1.89. The highest BCUT2D eigenvalue weighted by atomic mass is 79.9. The lowest BCUT2D eigenvalue weighted by Crippen LogP contribution is -2.30. The van der Waals surface area contributed by atoms with Gasteiger partial charge in [-0.25, -0.2) is 0 Å². The molecule has 0 spiro atoms. The highest BCUT2D eigenvalue weighted by Gasteiger charge is 2.09. The Bertz CT molecular complexity index is 409. The number of nitrogens with zero attached hydrogens (tertiary/aromatic N) is 1. The predicted octanol–water partition coefficient (Wildman–Crippen LogP) is 2.45. The lowest BCUT2D eigenvalue weighted by Gasteiger charge is -2.18. The van der Waals surface area contributed by atoms with E-state index >= 15 is 0 Å². The van der Waals surface area contributed by atoms with Crippen LogP contribution in [0.4, 0.5) is 0 Å². The van der Waals surface area contributed by atoms with Gasteiger partial charge < -0.3 is 14.7 Å². The maximum absolute atomic E-state index is 11.8. The lowest BCUT2D eigenvalue weighted by molar-refractivity contribution is -0.130. The van der Waals surface area contributed by atoms with Crippen molar-refractivity contribution in [3.63, 3.8) is 0 Å². The van der Waals surface area contributed by atoms with E-state index in [-0.39, 0.29) is 12.0 Å². The molecule has 0 aliphatic carbocycles. The second-order valence-corrected chi connectivity index (χ2v) is 5.42. The molecule has 1 aromatic carbocycles. The maximum atomic E-state index is 11.8. The van der Waals surface area contributed by atoms with Crippen LogP contribution in [0.1, 0.15) is 19.8 Å². The number of aliphatic hydroxyl groups is 1. The SMILES string of the molecule is CC(O)CCN(C)C(=O)CCOc1cccc(Br)c1. The fourth-order valence-electron chi connectivity index (χ4n) is 1.51. The van der Waals surface area contributed by atoms with Gasteiger partial charge in [-0.05, 0) is 31.5 Å². The Morgan fingerprint density at radius 3 is 2.89 bits per heavy atom. The average molecular weight is 330 g/mol. The number of benzene rings is 1. The highest BCUT2D eigenvalue weighted by molar-refractivity contribution is 9.10. The Kier molecular flexibility index (Phi) is 6.87. The van der Waals surface area contributed by atoms with Crippen molar-refractivity contribution in [3.05, 3.63) is 28.7 Å². The third-order valence-electron chi connectivity index (χ3n) is 2.69. The molecule has 19 heavy (non-hydrogen) atoms. The van der Waals surface area contributed by atoms with Gasteiger partial charge in [0, 0.05) is 18.1 Å². The van der Waals surface area contributed by atoms with Crippen LogP contribution in [-0.2, 0) is 4.79 Å². The van der Waals surface area contributed by atoms with Crippen LogP contribution in [0.2, 0.25) is 0 Å². The second kappa shape index (κ2) is 8.17. The minimum atomic E-state index is -0.381. The van der Waals surface area contributed by atoms with Gasteiger partial charge in [-0.3, -0.25) is 4.79 Å². The van der Waals surface area contributed by atoms with E-state index in [9.17, 15) is 4.79 Å². The molecule has 0 radical (unpaired) electrons. The summed E-state index contributed by atoms with van der Waals surface area (Å²) in [5.41, 5.74) is 0. The van der Waals surface area contributed by atoms with Crippen molar-refractivity contribution < 1.29 is 14.6 Å². The first-order valence-electron chi connectivity index (χ1n) is 6.29. The molecule has 0 fully saturated rings. The van der Waals surface area contributed by atoms with Crippen LogP contribution in [0, 0.1) is 0 Å². The van der Waals surface area contributed by atoms with Crippen molar-refractivity contribution in [1.29, 1.82) is 0 Å².